The van der Waals surface area contributed by atoms with E-state index < -0.39 is 0 Å². The molecule has 0 bridgehead atoms. The molecule has 2 aromatic carbocycles. The summed E-state index contributed by atoms with van der Waals surface area (Å²) < 4.78 is 11.5. The highest BCUT2D eigenvalue weighted by molar-refractivity contribution is 9.10. The van der Waals surface area contributed by atoms with Crippen molar-refractivity contribution in [2.24, 2.45) is 5.10 Å². The van der Waals surface area contributed by atoms with Gasteiger partial charge in [0.2, 0.25) is 12.7 Å². The van der Waals surface area contributed by atoms with Crippen molar-refractivity contribution >= 4 is 28.1 Å². The molecule has 0 spiro atoms. The molecule has 1 aliphatic heterocycles. The van der Waals surface area contributed by atoms with Crippen molar-refractivity contribution in [2.45, 2.75) is 6.42 Å². The molecule has 0 unspecified atom stereocenters. The van der Waals surface area contributed by atoms with Crippen molar-refractivity contribution in [3.63, 3.8) is 0 Å². The summed E-state index contributed by atoms with van der Waals surface area (Å²) in [5.74, 6) is 1.19. The van der Waals surface area contributed by atoms with Crippen LogP contribution in [0.1, 0.15) is 11.1 Å². The van der Waals surface area contributed by atoms with E-state index in [0.29, 0.717) is 11.5 Å². The van der Waals surface area contributed by atoms with Gasteiger partial charge in [0.1, 0.15) is 0 Å². The van der Waals surface area contributed by atoms with Crippen LogP contribution in [0.4, 0.5) is 0 Å². The van der Waals surface area contributed by atoms with Gasteiger partial charge in [-0.05, 0) is 35.4 Å². The number of hydrazone groups is 1. The summed E-state index contributed by atoms with van der Waals surface area (Å²) in [5.41, 5.74) is 4.26. The highest BCUT2D eigenvalue weighted by Crippen LogP contribution is 2.32. The second kappa shape index (κ2) is 6.62. The largest absolute Gasteiger partial charge is 0.454 e. The Morgan fingerprint density at radius 3 is 2.95 bits per heavy atom. The fourth-order valence-electron chi connectivity index (χ4n) is 2.04. The summed E-state index contributed by atoms with van der Waals surface area (Å²) in [4.78, 5) is 11.9. The second-order valence-corrected chi connectivity index (χ2v) is 5.63. The van der Waals surface area contributed by atoms with Crippen LogP contribution in [0.2, 0.25) is 0 Å². The molecular weight excluding hydrogens is 348 g/mol. The van der Waals surface area contributed by atoms with Crippen LogP contribution in [0.3, 0.4) is 0 Å². The molecule has 0 aliphatic carbocycles. The Balaban J connectivity index is 1.56. The molecule has 1 N–H and O–H groups in total. The minimum absolute atomic E-state index is 0.190. The third kappa shape index (κ3) is 3.65. The summed E-state index contributed by atoms with van der Waals surface area (Å²) in [7, 11) is 0. The van der Waals surface area contributed by atoms with Gasteiger partial charge in [-0.2, -0.15) is 5.10 Å². The fraction of sp³-hybridized carbons (Fsp3) is 0.125. The summed E-state index contributed by atoms with van der Waals surface area (Å²) in [5, 5.41) is 3.95. The molecule has 22 heavy (non-hydrogen) atoms. The van der Waals surface area contributed by atoms with Gasteiger partial charge in [-0.25, -0.2) is 5.43 Å². The molecule has 0 atom stereocenters. The third-order valence-corrected chi connectivity index (χ3v) is 3.55. The van der Waals surface area contributed by atoms with Gasteiger partial charge < -0.3 is 9.47 Å². The van der Waals surface area contributed by atoms with Gasteiger partial charge in [0.15, 0.2) is 11.5 Å². The molecule has 0 aromatic heterocycles. The molecule has 2 aromatic rings. The van der Waals surface area contributed by atoms with E-state index in [9.17, 15) is 4.79 Å². The number of hydrogen-bond donors (Lipinski definition) is 1. The average molecular weight is 361 g/mol. The lowest BCUT2D eigenvalue weighted by Gasteiger charge is -2.02. The minimum Gasteiger partial charge on any atom is -0.454 e. The zero-order valence-electron chi connectivity index (χ0n) is 11.6. The van der Waals surface area contributed by atoms with Crippen LogP contribution in [-0.4, -0.2) is 18.9 Å². The van der Waals surface area contributed by atoms with Gasteiger partial charge in [0, 0.05) is 4.47 Å². The van der Waals surface area contributed by atoms with Crippen molar-refractivity contribution < 1.29 is 14.3 Å². The molecule has 5 nitrogen and oxygen atoms in total. The Labute approximate surface area is 136 Å². The summed E-state index contributed by atoms with van der Waals surface area (Å²) in [6, 6.07) is 13.1. The molecule has 6 heteroatoms. The summed E-state index contributed by atoms with van der Waals surface area (Å²) >= 11 is 3.38. The van der Waals surface area contributed by atoms with Crippen molar-refractivity contribution in [2.75, 3.05) is 6.79 Å². The number of amides is 1. The lowest BCUT2D eigenvalue weighted by atomic mass is 10.1. The van der Waals surface area contributed by atoms with Crippen molar-refractivity contribution in [1.82, 2.24) is 5.43 Å². The fourth-order valence-corrected chi connectivity index (χ4v) is 2.46. The Hall–Kier alpha value is -2.34. The van der Waals surface area contributed by atoms with Crippen LogP contribution < -0.4 is 14.9 Å². The average Bonchev–Trinajstić information content (AvgIpc) is 2.95. The van der Waals surface area contributed by atoms with E-state index in [1.165, 1.54) is 0 Å². The molecule has 0 fully saturated rings. The van der Waals surface area contributed by atoms with Gasteiger partial charge in [0.25, 0.3) is 0 Å². The number of ether oxygens (including phenoxy) is 2. The summed E-state index contributed by atoms with van der Waals surface area (Å²) in [6.07, 6.45) is 1.83. The highest BCUT2D eigenvalue weighted by Gasteiger charge is 2.14. The minimum atomic E-state index is -0.190. The van der Waals surface area contributed by atoms with E-state index in [4.69, 9.17) is 9.47 Å². The first-order valence-electron chi connectivity index (χ1n) is 6.67. The molecule has 3 rings (SSSR count). The van der Waals surface area contributed by atoms with Gasteiger partial charge in [-0.15, -0.1) is 0 Å². The van der Waals surface area contributed by atoms with Crippen LogP contribution >= 0.6 is 15.9 Å². The standard InChI is InChI=1S/C16H13BrN2O3/c17-13-3-1-2-12(6-13)9-18-19-16(20)8-11-4-5-14-15(7-11)22-10-21-14/h1-7,9H,8,10H2,(H,19,20)/b18-9-. The number of rotatable bonds is 4. The van der Waals surface area contributed by atoms with Crippen molar-refractivity contribution in [3.05, 3.63) is 58.1 Å². The van der Waals surface area contributed by atoms with E-state index in [0.717, 1.165) is 15.6 Å². The Morgan fingerprint density at radius 2 is 2.09 bits per heavy atom. The first kappa shape index (κ1) is 14.6. The van der Waals surface area contributed by atoms with E-state index in [2.05, 4.69) is 26.5 Å². The van der Waals surface area contributed by atoms with Gasteiger partial charge in [0.05, 0.1) is 12.6 Å². The lowest BCUT2D eigenvalue weighted by molar-refractivity contribution is -0.120. The van der Waals surface area contributed by atoms with E-state index in [-0.39, 0.29) is 19.1 Å². The van der Waals surface area contributed by atoms with Crippen LogP contribution in [0.25, 0.3) is 0 Å². The highest BCUT2D eigenvalue weighted by atomic mass is 79.9. The smallest absolute Gasteiger partial charge is 0.244 e. The molecule has 1 heterocycles. The van der Waals surface area contributed by atoms with Gasteiger partial charge in [-0.3, -0.25) is 4.79 Å². The maximum atomic E-state index is 11.9. The van der Waals surface area contributed by atoms with Crippen molar-refractivity contribution in [3.8, 4) is 11.5 Å². The zero-order chi connectivity index (χ0) is 15.4. The van der Waals surface area contributed by atoms with E-state index in [1.54, 1.807) is 18.3 Å². The Morgan fingerprint density at radius 1 is 1.23 bits per heavy atom. The van der Waals surface area contributed by atoms with E-state index >= 15 is 0 Å². The number of benzene rings is 2. The topological polar surface area (TPSA) is 59.9 Å². The normalized spacial score (nSPS) is 12.6. The number of carbonyl (C=O) groups excluding carboxylic acids is 1. The predicted molar refractivity (Wildman–Crippen MR) is 86.1 cm³/mol. The quantitative estimate of drug-likeness (QED) is 0.673. The Kier molecular flexibility index (Phi) is 4.39. The molecule has 0 saturated carbocycles. The first-order chi connectivity index (χ1) is 10.7. The van der Waals surface area contributed by atoms with Crippen LogP contribution in [0.15, 0.2) is 52.0 Å². The number of nitrogens with one attached hydrogen (secondary N) is 1. The monoisotopic (exact) mass is 360 g/mol. The van der Waals surface area contributed by atoms with Crippen LogP contribution in [0, 0.1) is 0 Å². The van der Waals surface area contributed by atoms with E-state index in [1.807, 2.05) is 30.3 Å². The number of fused-ring (bicyclic) bond motifs is 1. The van der Waals surface area contributed by atoms with Gasteiger partial charge in [-0.1, -0.05) is 34.1 Å². The first-order valence-corrected chi connectivity index (χ1v) is 7.46. The summed E-state index contributed by atoms with van der Waals surface area (Å²) in [6.45, 7) is 0.224. The molecular formula is C16H13BrN2O3. The molecule has 112 valence electrons. The molecule has 1 aliphatic rings. The number of halogens is 1. The lowest BCUT2D eigenvalue weighted by Crippen LogP contribution is -2.19. The van der Waals surface area contributed by atoms with Crippen LogP contribution in [-0.2, 0) is 11.2 Å². The number of nitrogens with zero attached hydrogens (tertiary/aromatic N) is 1. The third-order valence-electron chi connectivity index (χ3n) is 3.05. The second-order valence-electron chi connectivity index (χ2n) is 4.71. The van der Waals surface area contributed by atoms with Crippen LogP contribution in [0.5, 0.6) is 11.5 Å². The van der Waals surface area contributed by atoms with Gasteiger partial charge >= 0.3 is 0 Å². The number of carbonyl (C=O) groups is 1. The molecule has 0 radical (unpaired) electrons. The molecule has 0 saturated heterocycles. The predicted octanol–water partition coefficient (Wildman–Crippen LogP) is 2.87. The number of hydrogen-bond acceptors (Lipinski definition) is 4. The Bertz CT molecular complexity index is 731. The maximum absolute atomic E-state index is 11.9. The maximum Gasteiger partial charge on any atom is 0.244 e. The SMILES string of the molecule is O=C(Cc1ccc2c(c1)OCO2)N/N=C\c1cccc(Br)c1. The van der Waals surface area contributed by atoms with Crippen molar-refractivity contribution in [1.29, 1.82) is 0 Å². The molecule has 1 amide bonds. The zero-order valence-corrected chi connectivity index (χ0v) is 13.2.